The molecule has 2 rings (SSSR count). The van der Waals surface area contributed by atoms with Crippen LogP contribution in [0.5, 0.6) is 0 Å². The van der Waals surface area contributed by atoms with E-state index in [2.05, 4.69) is 4.74 Å². The number of hydrogen-bond donors (Lipinski definition) is 4. The number of fused-ring (bicyclic) bond motifs is 1. The summed E-state index contributed by atoms with van der Waals surface area (Å²) in [5, 5.41) is 32.8. The molecule has 1 aliphatic heterocycles. The van der Waals surface area contributed by atoms with E-state index in [4.69, 9.17) is 20.4 Å². The van der Waals surface area contributed by atoms with E-state index >= 15 is 0 Å². The number of rotatable bonds is 13. The van der Waals surface area contributed by atoms with Gasteiger partial charge in [0.15, 0.2) is 0 Å². The first-order valence-electron chi connectivity index (χ1n) is 11.0. The summed E-state index contributed by atoms with van der Waals surface area (Å²) in [6.45, 7) is 0.697. The van der Waals surface area contributed by atoms with Crippen molar-refractivity contribution < 1.29 is 44.3 Å². The quantitative estimate of drug-likeness (QED) is 0.147. The maximum absolute atomic E-state index is 10.8. The normalized spacial score (nSPS) is 11.7. The van der Waals surface area contributed by atoms with Crippen LogP contribution in [-0.4, -0.2) is 57.5 Å². The third-order valence-electron chi connectivity index (χ3n) is 4.49. The molecule has 0 fully saturated rings. The fourth-order valence-electron chi connectivity index (χ4n) is 2.81. The standard InChI is InChI=1S/C12H26O2.C8H4O3.C4H4O4/c13-11-9-7-5-3-1-2-4-6-8-10-12-14;9-7-5-3-1-2-4-6(5)8(10)11-7;5-3(6)1-2-4(7)8/h13-14H,1-12H2;1-4H;1-2H,(H,5,6)(H,7,8)/b;;2-1+. The predicted octanol–water partition coefficient (Wildman–Crippen LogP) is 3.58. The number of hydrogen-bond acceptors (Lipinski definition) is 7. The van der Waals surface area contributed by atoms with Crippen LogP contribution in [0.25, 0.3) is 0 Å². The van der Waals surface area contributed by atoms with Crippen molar-refractivity contribution in [2.45, 2.75) is 64.2 Å². The van der Waals surface area contributed by atoms with Crippen LogP contribution in [-0.2, 0) is 14.3 Å². The van der Waals surface area contributed by atoms with Gasteiger partial charge in [0.1, 0.15) is 0 Å². The highest BCUT2D eigenvalue weighted by Gasteiger charge is 2.28. The first kappa shape index (κ1) is 30.0. The summed E-state index contributed by atoms with van der Waals surface area (Å²) in [5.41, 5.74) is 0.718. The van der Waals surface area contributed by atoms with E-state index in [1.54, 1.807) is 24.3 Å². The molecule has 0 saturated heterocycles. The number of esters is 2. The van der Waals surface area contributed by atoms with Crippen molar-refractivity contribution in [2.75, 3.05) is 13.2 Å². The summed E-state index contributed by atoms with van der Waals surface area (Å²) < 4.78 is 4.35. The number of aliphatic carboxylic acids is 2. The molecule has 1 aliphatic rings. The Balaban J connectivity index is 0.000000483. The molecule has 0 aliphatic carbocycles. The Morgan fingerprint density at radius 2 is 0.939 bits per heavy atom. The van der Waals surface area contributed by atoms with Crippen molar-refractivity contribution in [3.05, 3.63) is 47.5 Å². The molecule has 0 radical (unpaired) electrons. The van der Waals surface area contributed by atoms with Crippen molar-refractivity contribution in [3.63, 3.8) is 0 Å². The summed E-state index contributed by atoms with van der Waals surface area (Å²) in [7, 11) is 0. The van der Waals surface area contributed by atoms with E-state index < -0.39 is 23.9 Å². The van der Waals surface area contributed by atoms with Gasteiger partial charge in [0.05, 0.1) is 11.1 Å². The average molecular weight is 467 g/mol. The SMILES string of the molecule is O=C(O)/C=C/C(=O)O.O=C1OC(=O)c2ccccc21.OCCCCCCCCCCCCO. The summed E-state index contributed by atoms with van der Waals surface area (Å²) in [4.78, 5) is 40.8. The molecule has 0 aromatic heterocycles. The number of carboxylic acids is 2. The van der Waals surface area contributed by atoms with Gasteiger partial charge in [-0.05, 0) is 25.0 Å². The Labute approximate surface area is 193 Å². The lowest BCUT2D eigenvalue weighted by molar-refractivity contribution is -0.134. The lowest BCUT2D eigenvalue weighted by Gasteiger charge is -2.01. The van der Waals surface area contributed by atoms with Gasteiger partial charge in [0.25, 0.3) is 0 Å². The van der Waals surface area contributed by atoms with Crippen LogP contribution < -0.4 is 0 Å². The Bertz CT molecular complexity index is 695. The fourth-order valence-corrected chi connectivity index (χ4v) is 2.81. The molecule has 0 saturated carbocycles. The van der Waals surface area contributed by atoms with Crippen molar-refractivity contribution >= 4 is 23.9 Å². The van der Waals surface area contributed by atoms with Crippen LogP contribution in [0.15, 0.2) is 36.4 Å². The highest BCUT2D eigenvalue weighted by atomic mass is 16.6. The summed E-state index contributed by atoms with van der Waals surface area (Å²) in [6.07, 6.45) is 13.3. The van der Waals surface area contributed by atoms with E-state index in [0.29, 0.717) is 36.5 Å². The molecular formula is C24H34O9. The number of ether oxygens (including phenoxy) is 1. The minimum absolute atomic E-state index is 0.348. The van der Waals surface area contributed by atoms with E-state index in [1.165, 1.54) is 51.4 Å². The van der Waals surface area contributed by atoms with Crippen LogP contribution in [0.4, 0.5) is 0 Å². The van der Waals surface area contributed by atoms with Crippen LogP contribution in [0.3, 0.4) is 0 Å². The molecule has 0 spiro atoms. The monoisotopic (exact) mass is 466 g/mol. The number of cyclic esters (lactones) is 2. The fraction of sp³-hybridized carbons (Fsp3) is 0.500. The molecule has 0 atom stereocenters. The zero-order chi connectivity index (χ0) is 24.9. The number of carbonyl (C=O) groups excluding carboxylic acids is 2. The number of aliphatic hydroxyl groups is 2. The van der Waals surface area contributed by atoms with Gasteiger partial charge in [-0.3, -0.25) is 0 Å². The second-order valence-corrected chi connectivity index (χ2v) is 7.22. The number of unbranched alkanes of at least 4 members (excludes halogenated alkanes) is 9. The second kappa shape index (κ2) is 19.6. The third-order valence-corrected chi connectivity index (χ3v) is 4.49. The maximum atomic E-state index is 10.8. The number of carbonyl (C=O) groups is 4. The van der Waals surface area contributed by atoms with Gasteiger partial charge in [-0.25, -0.2) is 19.2 Å². The topological polar surface area (TPSA) is 158 Å². The Hall–Kier alpha value is -3.04. The van der Waals surface area contributed by atoms with Gasteiger partial charge >= 0.3 is 23.9 Å². The molecule has 184 valence electrons. The molecule has 33 heavy (non-hydrogen) atoms. The van der Waals surface area contributed by atoms with Gasteiger partial charge in [-0.15, -0.1) is 0 Å². The second-order valence-electron chi connectivity index (χ2n) is 7.22. The number of aliphatic hydroxyl groups excluding tert-OH is 2. The van der Waals surface area contributed by atoms with Crippen molar-refractivity contribution in [2.24, 2.45) is 0 Å². The largest absolute Gasteiger partial charge is 0.478 e. The third kappa shape index (κ3) is 16.3. The zero-order valence-corrected chi connectivity index (χ0v) is 18.8. The first-order valence-corrected chi connectivity index (χ1v) is 11.0. The van der Waals surface area contributed by atoms with E-state index in [9.17, 15) is 19.2 Å². The minimum atomic E-state index is -1.26. The smallest absolute Gasteiger partial charge is 0.346 e. The Morgan fingerprint density at radius 3 is 1.21 bits per heavy atom. The molecule has 9 heteroatoms. The van der Waals surface area contributed by atoms with Crippen LogP contribution in [0.1, 0.15) is 84.9 Å². The predicted molar refractivity (Wildman–Crippen MR) is 121 cm³/mol. The van der Waals surface area contributed by atoms with Gasteiger partial charge in [0, 0.05) is 25.4 Å². The molecule has 0 bridgehead atoms. The lowest BCUT2D eigenvalue weighted by Crippen LogP contribution is -1.96. The highest BCUT2D eigenvalue weighted by Crippen LogP contribution is 2.18. The van der Waals surface area contributed by atoms with Gasteiger partial charge in [-0.1, -0.05) is 63.5 Å². The van der Waals surface area contributed by atoms with E-state index in [0.717, 1.165) is 12.8 Å². The molecule has 0 amide bonds. The zero-order valence-electron chi connectivity index (χ0n) is 18.8. The highest BCUT2D eigenvalue weighted by molar-refractivity contribution is 6.14. The summed E-state index contributed by atoms with van der Waals surface area (Å²) in [5.74, 6) is -3.61. The molecule has 1 heterocycles. The van der Waals surface area contributed by atoms with Crippen LogP contribution in [0, 0.1) is 0 Å². The van der Waals surface area contributed by atoms with Gasteiger partial charge in [-0.2, -0.15) is 0 Å². The summed E-state index contributed by atoms with van der Waals surface area (Å²) in [6, 6.07) is 6.53. The van der Waals surface area contributed by atoms with Crippen LogP contribution in [0.2, 0.25) is 0 Å². The molecule has 1 aromatic carbocycles. The van der Waals surface area contributed by atoms with E-state index in [-0.39, 0.29) is 0 Å². The average Bonchev–Trinajstić information content (AvgIpc) is 3.08. The Kier molecular flexibility index (Phi) is 17.8. The molecule has 0 unspecified atom stereocenters. The first-order chi connectivity index (χ1) is 15.8. The minimum Gasteiger partial charge on any atom is -0.478 e. The molecule has 1 aromatic rings. The molecule has 4 N–H and O–H groups in total. The number of benzene rings is 1. The lowest BCUT2D eigenvalue weighted by atomic mass is 10.1. The molecular weight excluding hydrogens is 432 g/mol. The van der Waals surface area contributed by atoms with Crippen molar-refractivity contribution in [3.8, 4) is 0 Å². The summed E-state index contributed by atoms with van der Waals surface area (Å²) >= 11 is 0. The maximum Gasteiger partial charge on any atom is 0.346 e. The Morgan fingerprint density at radius 1 is 0.636 bits per heavy atom. The van der Waals surface area contributed by atoms with Crippen molar-refractivity contribution in [1.82, 2.24) is 0 Å². The van der Waals surface area contributed by atoms with Crippen LogP contribution >= 0.6 is 0 Å². The van der Waals surface area contributed by atoms with Gasteiger partial charge in [0.2, 0.25) is 0 Å². The van der Waals surface area contributed by atoms with Gasteiger partial charge < -0.3 is 25.2 Å². The van der Waals surface area contributed by atoms with Crippen molar-refractivity contribution in [1.29, 1.82) is 0 Å². The molecule has 9 nitrogen and oxygen atoms in total. The number of carboxylic acid groups (broad SMARTS) is 2. The van der Waals surface area contributed by atoms with E-state index in [1.807, 2.05) is 0 Å².